The van der Waals surface area contributed by atoms with Gasteiger partial charge in [-0.25, -0.2) is 10.7 Å². The molecule has 22 heavy (non-hydrogen) atoms. The third kappa shape index (κ3) is 8.99. The van der Waals surface area contributed by atoms with Crippen LogP contribution < -0.4 is 11.2 Å². The molecule has 0 bridgehead atoms. The number of carbonyl (C=O) groups is 1. The molecule has 124 valence electrons. The molecule has 0 saturated carbocycles. The van der Waals surface area contributed by atoms with Gasteiger partial charge in [-0.3, -0.25) is 4.84 Å². The summed E-state index contributed by atoms with van der Waals surface area (Å²) in [5.74, 6) is 5.06. The molecular formula is C15H26N4O3. The summed E-state index contributed by atoms with van der Waals surface area (Å²) in [4.78, 5) is 18.4. The fourth-order valence-corrected chi connectivity index (χ4v) is 1.40. The zero-order valence-electron chi connectivity index (χ0n) is 14.1. The molecule has 7 nitrogen and oxygen atoms in total. The number of nitrogens with zero attached hydrogens (tertiary/aromatic N) is 2. The third-order valence-corrected chi connectivity index (χ3v) is 2.64. The maximum atomic E-state index is 10.7. The number of benzene rings is 1. The number of rotatable bonds is 3. The van der Waals surface area contributed by atoms with Gasteiger partial charge in [-0.1, -0.05) is 12.1 Å². The van der Waals surface area contributed by atoms with Gasteiger partial charge in [0.15, 0.2) is 0 Å². The molecule has 0 aliphatic carbocycles. The molecule has 1 unspecified atom stereocenters. The topological polar surface area (TPSA) is 90.7 Å². The van der Waals surface area contributed by atoms with E-state index in [-0.39, 0.29) is 12.1 Å². The van der Waals surface area contributed by atoms with Gasteiger partial charge in [0.25, 0.3) is 0 Å². The zero-order chi connectivity index (χ0) is 17.7. The number of amides is 2. The van der Waals surface area contributed by atoms with Crippen molar-refractivity contribution in [3.63, 3.8) is 0 Å². The molecule has 0 aliphatic rings. The molecule has 1 aromatic rings. The normalized spacial score (nSPS) is 10.0. The van der Waals surface area contributed by atoms with Crippen LogP contribution in [0, 0.1) is 6.65 Å². The number of nitrogens with two attached hydrogens (primary N) is 1. The predicted octanol–water partition coefficient (Wildman–Crippen LogP) is 1.87. The number of hydrogen-bond donors (Lipinski definition) is 2. The van der Waals surface area contributed by atoms with Gasteiger partial charge in [-0.2, -0.15) is 0 Å². The van der Waals surface area contributed by atoms with Crippen molar-refractivity contribution in [2.45, 2.75) is 13.0 Å². The summed E-state index contributed by atoms with van der Waals surface area (Å²) < 4.78 is 7.50. The molecule has 0 spiro atoms. The van der Waals surface area contributed by atoms with Gasteiger partial charge >= 0.3 is 17.3 Å². The van der Waals surface area contributed by atoms with Crippen LogP contribution in [-0.2, 0) is 9.49 Å². The van der Waals surface area contributed by atoms with Gasteiger partial charge in [0, 0.05) is 40.9 Å². The Morgan fingerprint density at radius 1 is 1.18 bits per heavy atom. The van der Waals surface area contributed by atoms with Crippen LogP contribution in [0.5, 0.6) is 0 Å². The van der Waals surface area contributed by atoms with E-state index in [1.54, 1.807) is 28.2 Å². The van der Waals surface area contributed by atoms with Crippen molar-refractivity contribution < 1.29 is 14.3 Å². The summed E-state index contributed by atoms with van der Waals surface area (Å²) in [6, 6.07) is 7.98. The van der Waals surface area contributed by atoms with Crippen LogP contribution in [0.1, 0.15) is 18.6 Å². The molecule has 0 aliphatic heterocycles. The Bertz CT molecular complexity index is 420. The molecule has 0 radical (unpaired) electrons. The number of nitrogens with one attached hydrogen (secondary N) is 1. The van der Waals surface area contributed by atoms with E-state index >= 15 is 0 Å². The average Bonchev–Trinajstić information content (AvgIpc) is 2.55. The quantitative estimate of drug-likeness (QED) is 0.506. The molecule has 2 amide bonds. The van der Waals surface area contributed by atoms with Crippen molar-refractivity contribution in [2.24, 2.45) is 5.90 Å². The summed E-state index contributed by atoms with van der Waals surface area (Å²) in [6.07, 6.45) is -0.0455. The van der Waals surface area contributed by atoms with E-state index < -0.39 is 0 Å². The van der Waals surface area contributed by atoms with Crippen molar-refractivity contribution >= 4 is 11.7 Å². The number of carbonyl (C=O) groups excluding carboxylic acids is 1. The first kappa shape index (κ1) is 22.2. The van der Waals surface area contributed by atoms with Crippen LogP contribution in [0.4, 0.5) is 10.5 Å². The first-order valence-electron chi connectivity index (χ1n) is 6.55. The molecule has 0 fully saturated rings. The molecule has 3 N–H and O–H groups in total. The van der Waals surface area contributed by atoms with Crippen molar-refractivity contribution in [2.75, 3.05) is 40.6 Å². The third-order valence-electron chi connectivity index (χ3n) is 2.64. The second-order valence-corrected chi connectivity index (χ2v) is 4.72. The van der Waals surface area contributed by atoms with Gasteiger partial charge < -0.3 is 15.1 Å². The van der Waals surface area contributed by atoms with Crippen molar-refractivity contribution in [1.82, 2.24) is 9.80 Å². The molecular weight excluding hydrogens is 284 g/mol. The summed E-state index contributed by atoms with van der Waals surface area (Å²) in [5.41, 5.74) is 2.17. The summed E-state index contributed by atoms with van der Waals surface area (Å²) in [6.45, 7) is 6.41. The van der Waals surface area contributed by atoms with Crippen LogP contribution >= 0.6 is 0 Å². The van der Waals surface area contributed by atoms with E-state index in [1.165, 1.54) is 9.80 Å². The van der Waals surface area contributed by atoms with E-state index in [0.717, 1.165) is 11.3 Å². The van der Waals surface area contributed by atoms with E-state index in [0.29, 0.717) is 0 Å². The average molecular weight is 310 g/mol. The number of hydrogen-bond acceptors (Lipinski definition) is 4. The van der Waals surface area contributed by atoms with E-state index in [9.17, 15) is 4.79 Å². The van der Waals surface area contributed by atoms with Gasteiger partial charge in [0.2, 0.25) is 0 Å². The number of urea groups is 1. The molecule has 7 heteroatoms. The molecule has 1 rings (SSSR count). The van der Waals surface area contributed by atoms with E-state index in [4.69, 9.17) is 10.5 Å². The van der Waals surface area contributed by atoms with Crippen LogP contribution in [0.25, 0.3) is 0 Å². The van der Waals surface area contributed by atoms with Gasteiger partial charge in [0.05, 0.1) is 0 Å². The second kappa shape index (κ2) is 12.7. The van der Waals surface area contributed by atoms with Crippen molar-refractivity contribution in [1.29, 1.82) is 0 Å². The fourth-order valence-electron chi connectivity index (χ4n) is 1.40. The van der Waals surface area contributed by atoms with Crippen molar-refractivity contribution in [3.8, 4) is 0 Å². The molecule has 0 aromatic heterocycles. The Labute approximate surface area is 132 Å². The van der Waals surface area contributed by atoms with Gasteiger partial charge in [0.1, 0.15) is 6.10 Å². The first-order valence-corrected chi connectivity index (χ1v) is 6.55. The Morgan fingerprint density at radius 3 is 1.82 bits per heavy atom. The van der Waals surface area contributed by atoms with Crippen LogP contribution in [0.15, 0.2) is 24.3 Å². The van der Waals surface area contributed by atoms with E-state index in [1.807, 2.05) is 38.2 Å². The SMILES string of the molecule is CN(C)C(=O)N(C)C.CNc1ccc(C(C)ON)cc1.[C-]#[O+]. The van der Waals surface area contributed by atoms with Crippen LogP contribution in [0.3, 0.4) is 0 Å². The Morgan fingerprint density at radius 2 is 1.59 bits per heavy atom. The Hall–Kier alpha value is -2.05. The minimum absolute atomic E-state index is 0.0185. The van der Waals surface area contributed by atoms with Crippen LogP contribution in [-0.4, -0.2) is 51.1 Å². The van der Waals surface area contributed by atoms with Gasteiger partial charge in [-0.15, -0.1) is 0 Å². The monoisotopic (exact) mass is 310 g/mol. The summed E-state index contributed by atoms with van der Waals surface area (Å²) >= 11 is 0. The summed E-state index contributed by atoms with van der Waals surface area (Å²) in [7, 11) is 8.78. The minimum atomic E-state index is -0.0455. The Kier molecular flexibility index (Phi) is 12.8. The molecule has 0 heterocycles. The molecule has 0 saturated heterocycles. The Balaban J connectivity index is 0. The van der Waals surface area contributed by atoms with Gasteiger partial charge in [-0.05, 0) is 24.6 Å². The number of anilines is 1. The first-order chi connectivity index (χ1) is 10.3. The zero-order valence-corrected chi connectivity index (χ0v) is 14.1. The van der Waals surface area contributed by atoms with E-state index in [2.05, 4.69) is 16.8 Å². The maximum absolute atomic E-state index is 10.7. The summed E-state index contributed by atoms with van der Waals surface area (Å²) in [5, 5.41) is 3.04. The molecule has 1 atom stereocenters. The van der Waals surface area contributed by atoms with Crippen molar-refractivity contribution in [3.05, 3.63) is 36.5 Å². The predicted molar refractivity (Wildman–Crippen MR) is 86.4 cm³/mol. The van der Waals surface area contributed by atoms with Crippen LogP contribution in [0.2, 0.25) is 0 Å². The molecule has 1 aromatic carbocycles. The standard InChI is InChI=1S/C9H14N2O.C5H12N2O.CO/c1-7(12-10)8-3-5-9(11-2)6-4-8;1-6(2)5(8)7(3)4;1-2/h3-7,11H,10H2,1-2H3;1-4H3;. The second-order valence-electron chi connectivity index (χ2n) is 4.72. The fraction of sp³-hybridized carbons (Fsp3) is 0.467.